The number of carbonyl (C=O) groups is 4. The molecule has 12 heteroatoms. The summed E-state index contributed by atoms with van der Waals surface area (Å²) in [7, 11) is 0. The molecule has 41 heavy (non-hydrogen) atoms. The molecule has 223 valence electrons. The Balaban J connectivity index is 0.00000268. The lowest BCUT2D eigenvalue weighted by atomic mass is 9.99. The highest BCUT2D eigenvalue weighted by atomic mass is 16.5. The second-order valence-electron chi connectivity index (χ2n) is 10.3. The first-order valence-corrected chi connectivity index (χ1v) is 13.4. The normalized spacial score (nSPS) is 12.7. The van der Waals surface area contributed by atoms with Crippen LogP contribution < -0.4 is 16.0 Å². The summed E-state index contributed by atoms with van der Waals surface area (Å²) < 4.78 is 5.27. The molecule has 2 aromatic carbocycles. The molecule has 0 aliphatic carbocycles. The number of nitrogens with one attached hydrogen (secondary N) is 3. The van der Waals surface area contributed by atoms with Crippen LogP contribution in [-0.2, 0) is 32.1 Å². The Kier molecular flexibility index (Phi) is 16.5. The predicted octanol–water partition coefficient (Wildman–Crippen LogP) is 2.18. The number of hydrogen-bond donors (Lipinski definition) is 6. The minimum Gasteiger partial charge on any atom is -0.480 e. The maximum Gasteiger partial charge on any atom is 0.482 e. The van der Waals surface area contributed by atoms with E-state index in [0.717, 1.165) is 11.1 Å². The summed E-state index contributed by atoms with van der Waals surface area (Å²) in [6.45, 7) is 7.68. The SMILES string of the molecule is CC(C)CC(NC(=O)OCc1ccccc1)C(=O)NC(CC(C)C)C(=O)NC(Cc1ccccc1)C(=O)O.O[B]O. The summed E-state index contributed by atoms with van der Waals surface area (Å²) in [5.74, 6) is -2.19. The summed E-state index contributed by atoms with van der Waals surface area (Å²) in [5, 5.41) is 31.6. The van der Waals surface area contributed by atoms with Crippen LogP contribution in [0.4, 0.5) is 4.79 Å². The van der Waals surface area contributed by atoms with Crippen LogP contribution in [-0.4, -0.2) is 64.8 Å². The van der Waals surface area contributed by atoms with Crippen LogP contribution in [0, 0.1) is 11.8 Å². The van der Waals surface area contributed by atoms with E-state index in [1.54, 1.807) is 24.3 Å². The van der Waals surface area contributed by atoms with Gasteiger partial charge in [-0.1, -0.05) is 88.4 Å². The van der Waals surface area contributed by atoms with E-state index in [1.807, 2.05) is 64.1 Å². The molecule has 0 spiro atoms. The van der Waals surface area contributed by atoms with Crippen molar-refractivity contribution in [3.8, 4) is 0 Å². The molecule has 3 atom stereocenters. The molecule has 6 N–H and O–H groups in total. The predicted molar refractivity (Wildman–Crippen MR) is 154 cm³/mol. The monoisotopic (exact) mass is 570 g/mol. The van der Waals surface area contributed by atoms with Crippen molar-refractivity contribution < 1.29 is 39.1 Å². The number of rotatable bonds is 14. The number of hydrogen-bond acceptors (Lipinski definition) is 7. The quantitative estimate of drug-likeness (QED) is 0.188. The standard InChI is InChI=1S/C29H39N3O6.BH2O2/c1-19(2)15-23(26(33)31-25(28(35)36)17-21-11-7-5-8-12-21)30-27(34)24(16-20(3)4)32-29(37)38-18-22-13-9-6-10-14-22;2-1-3/h5-14,19-20,23-25H,15-18H2,1-4H3,(H,30,34)(H,31,33)(H,32,37)(H,35,36);2-3H. The van der Waals surface area contributed by atoms with E-state index in [9.17, 15) is 24.3 Å². The number of carbonyl (C=O) groups excluding carboxylic acids is 3. The van der Waals surface area contributed by atoms with Gasteiger partial charge in [0.2, 0.25) is 11.8 Å². The van der Waals surface area contributed by atoms with Gasteiger partial charge in [-0.3, -0.25) is 9.59 Å². The van der Waals surface area contributed by atoms with Crippen molar-refractivity contribution in [3.05, 3.63) is 71.8 Å². The van der Waals surface area contributed by atoms with Crippen LogP contribution in [0.3, 0.4) is 0 Å². The zero-order valence-corrected chi connectivity index (χ0v) is 23.9. The second kappa shape index (κ2) is 19.2. The third-order valence-corrected chi connectivity index (χ3v) is 5.77. The molecule has 3 amide bonds. The van der Waals surface area contributed by atoms with Crippen LogP contribution in [0.5, 0.6) is 0 Å². The molecule has 0 aromatic heterocycles. The number of carboxylic acids is 1. The van der Waals surface area contributed by atoms with E-state index in [-0.39, 0.29) is 32.5 Å². The minimum absolute atomic E-state index is 0. The number of aliphatic carboxylic acids is 1. The van der Waals surface area contributed by atoms with Gasteiger partial charge in [0.05, 0.1) is 0 Å². The van der Waals surface area contributed by atoms with E-state index < -0.39 is 42.0 Å². The van der Waals surface area contributed by atoms with Crippen LogP contribution in [0.1, 0.15) is 51.7 Å². The second-order valence-corrected chi connectivity index (χ2v) is 10.3. The van der Waals surface area contributed by atoms with Crippen LogP contribution >= 0.6 is 0 Å². The summed E-state index contributed by atoms with van der Waals surface area (Å²) >= 11 is 0. The third kappa shape index (κ3) is 14.9. The van der Waals surface area contributed by atoms with E-state index in [4.69, 9.17) is 14.8 Å². The molecule has 1 radical (unpaired) electrons. The molecule has 0 heterocycles. The fraction of sp³-hybridized carbons (Fsp3) is 0.448. The van der Waals surface area contributed by atoms with Crippen molar-refractivity contribution in [1.82, 2.24) is 16.0 Å². The number of alkyl carbamates (subject to hydrolysis) is 1. The van der Waals surface area contributed by atoms with Gasteiger partial charge < -0.3 is 35.8 Å². The lowest BCUT2D eigenvalue weighted by Gasteiger charge is -2.26. The topological polar surface area (TPSA) is 174 Å². The highest BCUT2D eigenvalue weighted by Gasteiger charge is 2.30. The first-order chi connectivity index (χ1) is 19.5. The highest BCUT2D eigenvalue weighted by Crippen LogP contribution is 2.11. The molecule has 0 saturated carbocycles. The molecule has 0 aliphatic rings. The van der Waals surface area contributed by atoms with Gasteiger partial charge in [0.25, 0.3) is 0 Å². The van der Waals surface area contributed by atoms with E-state index in [0.29, 0.717) is 12.8 Å². The van der Waals surface area contributed by atoms with Crippen LogP contribution in [0.25, 0.3) is 0 Å². The summed E-state index contributed by atoms with van der Waals surface area (Å²) in [6, 6.07) is 15.1. The number of benzene rings is 2. The van der Waals surface area contributed by atoms with Gasteiger partial charge in [-0.2, -0.15) is 0 Å². The summed E-state index contributed by atoms with van der Waals surface area (Å²) in [4.78, 5) is 50.7. The van der Waals surface area contributed by atoms with Crippen molar-refractivity contribution in [1.29, 1.82) is 0 Å². The average molecular weight is 570 g/mol. The number of amides is 3. The molecular weight excluding hydrogens is 529 g/mol. The Labute approximate surface area is 242 Å². The first-order valence-electron chi connectivity index (χ1n) is 13.4. The van der Waals surface area contributed by atoms with Crippen molar-refractivity contribution in [3.63, 3.8) is 0 Å². The first kappa shape index (κ1) is 35.1. The fourth-order valence-corrected chi connectivity index (χ4v) is 3.91. The molecule has 2 rings (SSSR count). The van der Waals surface area contributed by atoms with Gasteiger partial charge in [-0.15, -0.1) is 0 Å². The Morgan fingerprint density at radius 2 is 1.12 bits per heavy atom. The fourth-order valence-electron chi connectivity index (χ4n) is 3.91. The summed E-state index contributed by atoms with van der Waals surface area (Å²) in [5.41, 5.74) is 1.57. The molecule has 0 aliphatic heterocycles. The Morgan fingerprint density at radius 3 is 1.56 bits per heavy atom. The zero-order valence-electron chi connectivity index (χ0n) is 23.9. The van der Waals surface area contributed by atoms with Gasteiger partial charge in [-0.25, -0.2) is 9.59 Å². The van der Waals surface area contributed by atoms with Crippen LogP contribution in [0.2, 0.25) is 0 Å². The molecular formula is C29H41BN3O8. The molecule has 11 nitrogen and oxygen atoms in total. The van der Waals surface area contributed by atoms with Gasteiger partial charge in [0, 0.05) is 6.42 Å². The Morgan fingerprint density at radius 1 is 0.707 bits per heavy atom. The largest absolute Gasteiger partial charge is 0.482 e. The number of carboxylic acid groups (broad SMARTS) is 1. The Hall–Kier alpha value is -3.90. The zero-order chi connectivity index (χ0) is 30.8. The van der Waals surface area contributed by atoms with Crippen LogP contribution in [0.15, 0.2) is 60.7 Å². The van der Waals surface area contributed by atoms with E-state index >= 15 is 0 Å². The van der Waals surface area contributed by atoms with Gasteiger partial charge in [0.15, 0.2) is 0 Å². The number of ether oxygens (including phenoxy) is 1. The third-order valence-electron chi connectivity index (χ3n) is 5.77. The molecule has 0 saturated heterocycles. The maximum absolute atomic E-state index is 13.2. The van der Waals surface area contributed by atoms with Gasteiger partial charge in [0.1, 0.15) is 24.7 Å². The van der Waals surface area contributed by atoms with Gasteiger partial charge >= 0.3 is 19.7 Å². The van der Waals surface area contributed by atoms with Crippen molar-refractivity contribution in [2.75, 3.05) is 0 Å². The van der Waals surface area contributed by atoms with E-state index in [1.165, 1.54) is 0 Å². The molecule has 3 unspecified atom stereocenters. The van der Waals surface area contributed by atoms with Crippen molar-refractivity contribution in [2.45, 2.75) is 71.7 Å². The summed E-state index contributed by atoms with van der Waals surface area (Å²) in [6.07, 6.45) is -0.0149. The lowest BCUT2D eigenvalue weighted by Crippen LogP contribution is -2.56. The smallest absolute Gasteiger partial charge is 0.480 e. The minimum atomic E-state index is -1.17. The molecule has 0 bridgehead atoms. The maximum atomic E-state index is 13.2. The van der Waals surface area contributed by atoms with Crippen molar-refractivity contribution in [2.24, 2.45) is 11.8 Å². The molecule has 0 fully saturated rings. The lowest BCUT2D eigenvalue weighted by molar-refractivity contribution is -0.142. The van der Waals surface area contributed by atoms with Gasteiger partial charge in [-0.05, 0) is 35.8 Å². The van der Waals surface area contributed by atoms with E-state index in [2.05, 4.69) is 16.0 Å². The Bertz CT molecular complexity index is 1070. The van der Waals surface area contributed by atoms with Crippen molar-refractivity contribution >= 4 is 31.6 Å². The average Bonchev–Trinajstić information content (AvgIpc) is 2.91. The highest BCUT2D eigenvalue weighted by molar-refractivity contribution is 6.13. The molecule has 2 aromatic rings.